The molecule has 0 fully saturated rings. The van der Waals surface area contributed by atoms with Crippen LogP contribution in [0, 0.1) is 39.5 Å². The fourth-order valence-corrected chi connectivity index (χ4v) is 8.65. The summed E-state index contributed by atoms with van der Waals surface area (Å²) < 4.78 is 0. The van der Waals surface area contributed by atoms with Gasteiger partial charge in [0.25, 0.3) is 0 Å². The van der Waals surface area contributed by atoms with Gasteiger partial charge < -0.3 is 9.80 Å². The van der Waals surface area contributed by atoms with Gasteiger partial charge in [0.05, 0.1) is 12.1 Å². The van der Waals surface area contributed by atoms with E-state index in [4.69, 9.17) is 0 Å². The zero-order valence-corrected chi connectivity index (χ0v) is 33.1. The van der Waals surface area contributed by atoms with E-state index in [1.54, 1.807) is 0 Å². The summed E-state index contributed by atoms with van der Waals surface area (Å²) in [5.41, 5.74) is 18.0. The summed E-state index contributed by atoms with van der Waals surface area (Å²) >= 11 is 0. The zero-order chi connectivity index (χ0) is 37.9. The van der Waals surface area contributed by atoms with E-state index in [0.29, 0.717) is 0 Å². The third-order valence-electron chi connectivity index (χ3n) is 11.3. The highest BCUT2D eigenvalue weighted by molar-refractivity contribution is 5.73. The summed E-state index contributed by atoms with van der Waals surface area (Å²) in [5.74, 6) is 0.298. The van der Waals surface area contributed by atoms with E-state index in [1.165, 1.54) is 78.4 Å². The lowest BCUT2D eigenvalue weighted by Crippen LogP contribution is -2.42. The molecule has 0 saturated carbocycles. The lowest BCUT2D eigenvalue weighted by Gasteiger charge is -2.45. The van der Waals surface area contributed by atoms with Crippen LogP contribution in [0.25, 0.3) is 0 Å². The van der Waals surface area contributed by atoms with Gasteiger partial charge in [-0.1, -0.05) is 125 Å². The minimum atomic E-state index is 0.0912. The molecule has 4 aromatic carbocycles. The predicted molar refractivity (Wildman–Crippen MR) is 233 cm³/mol. The largest absolute Gasteiger partial charge is 0.333 e. The molecule has 0 amide bonds. The summed E-state index contributed by atoms with van der Waals surface area (Å²) in [7, 11) is 0. The Labute approximate surface area is 324 Å². The highest BCUT2D eigenvalue weighted by Crippen LogP contribution is 2.48. The Bertz CT molecular complexity index is 2120. The molecule has 3 aliphatic carbocycles. The second-order valence-corrected chi connectivity index (χ2v) is 15.4. The molecule has 0 bridgehead atoms. The first kappa shape index (κ1) is 36.7. The normalized spacial score (nSPS) is 20.9. The number of aryl methyl sites for hydroxylation is 4. The fourth-order valence-electron chi connectivity index (χ4n) is 8.65. The van der Waals surface area contributed by atoms with Crippen molar-refractivity contribution in [2.24, 2.45) is 11.8 Å². The van der Waals surface area contributed by atoms with Crippen molar-refractivity contribution in [1.29, 1.82) is 0 Å². The van der Waals surface area contributed by atoms with Crippen molar-refractivity contribution in [3.63, 3.8) is 0 Å². The van der Waals surface area contributed by atoms with Gasteiger partial charge in [-0.25, -0.2) is 0 Å². The summed E-state index contributed by atoms with van der Waals surface area (Å²) in [6.07, 6.45) is 21.8. The second-order valence-electron chi connectivity index (χ2n) is 15.4. The molecule has 4 aromatic rings. The number of hydrogen-bond acceptors (Lipinski definition) is 2. The van der Waals surface area contributed by atoms with Crippen molar-refractivity contribution < 1.29 is 0 Å². The molecule has 0 aliphatic heterocycles. The summed E-state index contributed by atoms with van der Waals surface area (Å²) in [5, 5.41) is 0. The van der Waals surface area contributed by atoms with Crippen LogP contribution in [0.1, 0.15) is 49.4 Å². The van der Waals surface area contributed by atoms with Crippen LogP contribution in [-0.2, 0) is 0 Å². The van der Waals surface area contributed by atoms with Gasteiger partial charge in [0.15, 0.2) is 0 Å². The molecule has 0 saturated heterocycles. The minimum absolute atomic E-state index is 0.0912. The molecule has 0 radical (unpaired) electrons. The van der Waals surface area contributed by atoms with Crippen LogP contribution in [0.3, 0.4) is 0 Å². The van der Waals surface area contributed by atoms with E-state index in [1.807, 2.05) is 0 Å². The van der Waals surface area contributed by atoms with Crippen LogP contribution in [-0.4, -0.2) is 12.1 Å². The monoisotopic (exact) mass is 706 g/mol. The molecule has 2 nitrogen and oxygen atoms in total. The molecule has 3 aliphatic rings. The number of nitrogens with zero attached hydrogens (tertiary/aromatic N) is 2. The second kappa shape index (κ2) is 15.8. The van der Waals surface area contributed by atoms with Crippen LogP contribution in [0.15, 0.2) is 192 Å². The van der Waals surface area contributed by atoms with E-state index in [-0.39, 0.29) is 23.9 Å². The third-order valence-corrected chi connectivity index (χ3v) is 11.3. The zero-order valence-electron chi connectivity index (χ0n) is 33.1. The molecule has 54 heavy (non-hydrogen) atoms. The minimum Gasteiger partial charge on any atom is -0.333 e. The van der Waals surface area contributed by atoms with Crippen LogP contribution in [0.4, 0.5) is 22.7 Å². The Morgan fingerprint density at radius 3 is 1.43 bits per heavy atom. The Morgan fingerprint density at radius 1 is 0.556 bits per heavy atom. The van der Waals surface area contributed by atoms with Gasteiger partial charge in [-0.15, -0.1) is 6.58 Å². The van der Waals surface area contributed by atoms with Crippen molar-refractivity contribution in [2.75, 3.05) is 9.80 Å². The number of rotatable bonds is 10. The molecule has 0 aromatic heterocycles. The average molecular weight is 707 g/mol. The van der Waals surface area contributed by atoms with Gasteiger partial charge in [0.2, 0.25) is 0 Å². The molecule has 0 heterocycles. The molecule has 2 heteroatoms. The van der Waals surface area contributed by atoms with E-state index >= 15 is 0 Å². The van der Waals surface area contributed by atoms with E-state index in [0.717, 1.165) is 6.42 Å². The topological polar surface area (TPSA) is 6.48 Å². The summed E-state index contributed by atoms with van der Waals surface area (Å²) in [6.45, 7) is 19.8. The highest BCUT2D eigenvalue weighted by Gasteiger charge is 2.39. The molecule has 0 N–H and O–H groups in total. The quantitative estimate of drug-likeness (QED) is 0.152. The van der Waals surface area contributed by atoms with Gasteiger partial charge in [-0.05, 0) is 137 Å². The van der Waals surface area contributed by atoms with Gasteiger partial charge in [0, 0.05) is 34.6 Å². The lowest BCUT2D eigenvalue weighted by molar-refractivity contribution is 0.583. The van der Waals surface area contributed by atoms with Crippen molar-refractivity contribution in [3.8, 4) is 0 Å². The fraction of sp³-hybridized carbons (Fsp3) is 0.231. The molecule has 4 atom stereocenters. The first-order valence-corrected chi connectivity index (χ1v) is 19.5. The Morgan fingerprint density at radius 2 is 0.981 bits per heavy atom. The SMILES string of the molecule is C=CCC1=C(C2=C3C=CC=CC3C(N(c3ccc(C)cc3)c3ccc(C)cc3)C(C)=C2)C=C(C)C(N(c2ccc(C)cc2)c2ccc(C)cc2)C1/C=C\C. The van der Waals surface area contributed by atoms with Crippen molar-refractivity contribution in [3.05, 3.63) is 214 Å². The van der Waals surface area contributed by atoms with Gasteiger partial charge in [-0.3, -0.25) is 0 Å². The molecular weight excluding hydrogens is 653 g/mol. The Hall–Kier alpha value is -5.60. The first-order valence-electron chi connectivity index (χ1n) is 19.5. The van der Waals surface area contributed by atoms with Crippen LogP contribution in [0.2, 0.25) is 0 Å². The third kappa shape index (κ3) is 7.18. The molecule has 4 unspecified atom stereocenters. The maximum atomic E-state index is 4.31. The van der Waals surface area contributed by atoms with Crippen LogP contribution >= 0.6 is 0 Å². The number of hydrogen-bond donors (Lipinski definition) is 0. The Kier molecular flexibility index (Phi) is 10.7. The van der Waals surface area contributed by atoms with Crippen molar-refractivity contribution in [2.45, 2.75) is 67.0 Å². The van der Waals surface area contributed by atoms with Crippen LogP contribution < -0.4 is 9.80 Å². The molecule has 0 spiro atoms. The van der Waals surface area contributed by atoms with Gasteiger partial charge in [0.1, 0.15) is 0 Å². The van der Waals surface area contributed by atoms with Crippen molar-refractivity contribution in [1.82, 2.24) is 0 Å². The number of allylic oxidation sites excluding steroid dienone is 9. The number of benzene rings is 4. The standard InChI is InChI=1S/C52H54N2/c1-9-13-45-47(14-10-2)51(53(41-25-17-35(3)18-26-41)42-27-19-36(4)20-28-42)39(7)33-49(45)50-34-40(8)52(48-16-12-11-15-46(48)50)54(43-29-21-37(5)22-30-43)44-31-23-38(6)24-32-44/h9-12,14-34,47-48,51-52H,1,13H2,2-8H3/b14-10-. The smallest absolute Gasteiger partial charge is 0.0655 e. The van der Waals surface area contributed by atoms with E-state index < -0.39 is 0 Å². The Balaban J connectivity index is 1.39. The summed E-state index contributed by atoms with van der Waals surface area (Å²) in [6, 6.07) is 36.2. The highest BCUT2D eigenvalue weighted by atomic mass is 15.2. The van der Waals surface area contributed by atoms with E-state index in [2.05, 4.69) is 217 Å². The first-order chi connectivity index (χ1) is 26.2. The summed E-state index contributed by atoms with van der Waals surface area (Å²) in [4.78, 5) is 5.11. The van der Waals surface area contributed by atoms with Gasteiger partial charge >= 0.3 is 0 Å². The maximum Gasteiger partial charge on any atom is 0.0655 e. The molecule has 272 valence electrons. The average Bonchev–Trinajstić information content (AvgIpc) is 3.17. The van der Waals surface area contributed by atoms with E-state index in [9.17, 15) is 0 Å². The lowest BCUT2D eigenvalue weighted by atomic mass is 9.70. The number of fused-ring (bicyclic) bond motifs is 1. The molecular formula is C52H54N2. The maximum absolute atomic E-state index is 4.31. The predicted octanol–water partition coefficient (Wildman–Crippen LogP) is 13.7. The molecule has 7 rings (SSSR count). The van der Waals surface area contributed by atoms with Crippen molar-refractivity contribution >= 4 is 22.7 Å². The van der Waals surface area contributed by atoms with Crippen LogP contribution in [0.5, 0.6) is 0 Å². The van der Waals surface area contributed by atoms with Gasteiger partial charge in [-0.2, -0.15) is 0 Å². The number of anilines is 4.